The SMILES string of the molecule is CCCCCCCCOOC(=O)c1ccc([Si](C)(C)C)cc1. The van der Waals surface area contributed by atoms with Gasteiger partial charge in [0.25, 0.3) is 0 Å². The second-order valence-electron chi connectivity index (χ2n) is 6.79. The van der Waals surface area contributed by atoms with Gasteiger partial charge in [-0.05, 0) is 18.6 Å². The van der Waals surface area contributed by atoms with Crippen LogP contribution in [0.5, 0.6) is 0 Å². The lowest BCUT2D eigenvalue weighted by Gasteiger charge is -2.16. The van der Waals surface area contributed by atoms with Gasteiger partial charge in [0, 0.05) is 0 Å². The zero-order valence-corrected chi connectivity index (χ0v) is 15.5. The standard InChI is InChI=1S/C18H30O3Si/c1-5-6-7-8-9-10-15-20-21-18(19)16-11-13-17(14-12-16)22(2,3)4/h11-14H,5-10,15H2,1-4H3. The van der Waals surface area contributed by atoms with Gasteiger partial charge in [0.2, 0.25) is 0 Å². The van der Waals surface area contributed by atoms with E-state index in [0.29, 0.717) is 12.2 Å². The zero-order chi connectivity index (χ0) is 16.4. The van der Waals surface area contributed by atoms with Gasteiger partial charge in [-0.1, -0.05) is 76.0 Å². The first-order chi connectivity index (χ1) is 10.4. The summed E-state index contributed by atoms with van der Waals surface area (Å²) in [5.74, 6) is -0.409. The monoisotopic (exact) mass is 322 g/mol. The molecular weight excluding hydrogens is 292 g/mol. The van der Waals surface area contributed by atoms with Crippen LogP contribution in [0.25, 0.3) is 0 Å². The fraction of sp³-hybridized carbons (Fsp3) is 0.611. The predicted molar refractivity (Wildman–Crippen MR) is 94.2 cm³/mol. The van der Waals surface area contributed by atoms with Crippen molar-refractivity contribution in [2.45, 2.75) is 65.1 Å². The third-order valence-corrected chi connectivity index (χ3v) is 5.77. The van der Waals surface area contributed by atoms with E-state index < -0.39 is 14.0 Å². The summed E-state index contributed by atoms with van der Waals surface area (Å²) in [5.41, 5.74) is 0.546. The van der Waals surface area contributed by atoms with Gasteiger partial charge in [-0.15, -0.1) is 0 Å². The van der Waals surface area contributed by atoms with Gasteiger partial charge in [-0.25, -0.2) is 4.79 Å². The number of carbonyl (C=O) groups excluding carboxylic acids is 1. The van der Waals surface area contributed by atoms with E-state index in [2.05, 4.69) is 26.6 Å². The molecule has 0 atom stereocenters. The molecule has 22 heavy (non-hydrogen) atoms. The molecule has 0 spiro atoms. The van der Waals surface area contributed by atoms with Gasteiger partial charge < -0.3 is 0 Å². The summed E-state index contributed by atoms with van der Waals surface area (Å²) >= 11 is 0. The molecule has 0 unspecified atom stereocenters. The number of hydrogen-bond acceptors (Lipinski definition) is 3. The lowest BCUT2D eigenvalue weighted by Crippen LogP contribution is -2.37. The largest absolute Gasteiger partial charge is 0.373 e. The molecule has 0 amide bonds. The summed E-state index contributed by atoms with van der Waals surface area (Å²) in [6, 6.07) is 7.70. The van der Waals surface area contributed by atoms with Crippen LogP contribution in [0, 0.1) is 0 Å². The molecule has 0 fully saturated rings. The first-order valence-electron chi connectivity index (χ1n) is 8.39. The zero-order valence-electron chi connectivity index (χ0n) is 14.5. The van der Waals surface area contributed by atoms with Crippen molar-refractivity contribution in [1.82, 2.24) is 0 Å². The fourth-order valence-electron chi connectivity index (χ4n) is 2.19. The van der Waals surface area contributed by atoms with Gasteiger partial charge in [-0.3, -0.25) is 4.89 Å². The molecule has 4 heteroatoms. The van der Waals surface area contributed by atoms with Crippen LogP contribution < -0.4 is 5.19 Å². The summed E-state index contributed by atoms with van der Waals surface area (Å²) < 4.78 is 0. The van der Waals surface area contributed by atoms with Gasteiger partial charge in [0.1, 0.15) is 0 Å². The maximum Gasteiger partial charge on any atom is 0.373 e. The number of rotatable bonds is 10. The Labute approximate surface area is 136 Å². The van der Waals surface area contributed by atoms with Crippen molar-refractivity contribution in [3.63, 3.8) is 0 Å². The summed E-state index contributed by atoms with van der Waals surface area (Å²) in [5, 5.41) is 1.33. The fourth-order valence-corrected chi connectivity index (χ4v) is 3.36. The molecule has 0 N–H and O–H groups in total. The van der Waals surface area contributed by atoms with Crippen molar-refractivity contribution in [3.8, 4) is 0 Å². The highest BCUT2D eigenvalue weighted by atomic mass is 28.3. The van der Waals surface area contributed by atoms with E-state index in [1.165, 1.54) is 30.9 Å². The predicted octanol–water partition coefficient (Wildman–Crippen LogP) is 4.68. The Morgan fingerprint density at radius 2 is 1.55 bits per heavy atom. The summed E-state index contributed by atoms with van der Waals surface area (Å²) in [4.78, 5) is 21.7. The van der Waals surface area contributed by atoms with Crippen LogP contribution >= 0.6 is 0 Å². The second-order valence-corrected chi connectivity index (χ2v) is 11.9. The smallest absolute Gasteiger partial charge is 0.293 e. The number of hydrogen-bond donors (Lipinski definition) is 0. The molecular formula is C18H30O3Si. The van der Waals surface area contributed by atoms with Gasteiger partial charge in [0.05, 0.1) is 20.2 Å². The second kappa shape index (κ2) is 9.80. The van der Waals surface area contributed by atoms with E-state index in [1.807, 2.05) is 24.3 Å². The number of carbonyl (C=O) groups is 1. The van der Waals surface area contributed by atoms with E-state index in [4.69, 9.17) is 9.78 Å². The first kappa shape index (κ1) is 18.9. The van der Waals surface area contributed by atoms with Crippen molar-refractivity contribution >= 4 is 19.2 Å². The molecule has 0 radical (unpaired) electrons. The van der Waals surface area contributed by atoms with Crippen molar-refractivity contribution in [2.75, 3.05) is 6.61 Å². The molecule has 124 valence electrons. The Kier molecular flexibility index (Phi) is 8.42. The van der Waals surface area contributed by atoms with Gasteiger partial charge >= 0.3 is 5.97 Å². The Morgan fingerprint density at radius 3 is 2.14 bits per heavy atom. The Bertz CT molecular complexity index is 435. The molecule has 0 saturated carbocycles. The van der Waals surface area contributed by atoms with Crippen molar-refractivity contribution in [2.24, 2.45) is 0 Å². The number of benzene rings is 1. The topological polar surface area (TPSA) is 35.5 Å². The molecule has 0 aliphatic heterocycles. The van der Waals surface area contributed by atoms with Crippen LogP contribution in [-0.4, -0.2) is 20.7 Å². The Hall–Kier alpha value is -1.13. The van der Waals surface area contributed by atoms with Crippen LogP contribution in [-0.2, 0) is 9.78 Å². The third kappa shape index (κ3) is 7.23. The van der Waals surface area contributed by atoms with Crippen LogP contribution in [0.2, 0.25) is 19.6 Å². The summed E-state index contributed by atoms with van der Waals surface area (Å²) in [6.45, 7) is 9.53. The quantitative estimate of drug-likeness (QED) is 0.271. The van der Waals surface area contributed by atoms with Gasteiger partial charge in [0.15, 0.2) is 0 Å². The summed E-state index contributed by atoms with van der Waals surface area (Å²) in [7, 11) is -1.32. The minimum absolute atomic E-state index is 0.409. The molecule has 3 nitrogen and oxygen atoms in total. The lowest BCUT2D eigenvalue weighted by atomic mass is 10.1. The Balaban J connectivity index is 2.23. The van der Waals surface area contributed by atoms with E-state index in [1.54, 1.807) is 0 Å². The Morgan fingerprint density at radius 1 is 0.955 bits per heavy atom. The molecule has 1 aromatic carbocycles. The van der Waals surface area contributed by atoms with E-state index in [0.717, 1.165) is 12.8 Å². The third-order valence-electron chi connectivity index (χ3n) is 3.70. The van der Waals surface area contributed by atoms with Crippen LogP contribution in [0.1, 0.15) is 55.8 Å². The first-order valence-corrected chi connectivity index (χ1v) is 11.9. The molecule has 0 bridgehead atoms. The molecule has 0 aliphatic carbocycles. The summed E-state index contributed by atoms with van der Waals surface area (Å²) in [6.07, 6.45) is 7.12. The minimum atomic E-state index is -1.32. The highest BCUT2D eigenvalue weighted by Gasteiger charge is 2.17. The molecule has 1 rings (SSSR count). The average molecular weight is 323 g/mol. The number of unbranched alkanes of at least 4 members (excludes halogenated alkanes) is 5. The highest BCUT2D eigenvalue weighted by molar-refractivity contribution is 6.88. The highest BCUT2D eigenvalue weighted by Crippen LogP contribution is 2.07. The van der Waals surface area contributed by atoms with Crippen LogP contribution in [0.15, 0.2) is 24.3 Å². The molecule has 0 heterocycles. The lowest BCUT2D eigenvalue weighted by molar-refractivity contribution is -0.241. The van der Waals surface area contributed by atoms with E-state index >= 15 is 0 Å². The van der Waals surface area contributed by atoms with Crippen LogP contribution in [0.3, 0.4) is 0 Å². The molecule has 0 aliphatic rings. The normalized spacial score (nSPS) is 11.5. The van der Waals surface area contributed by atoms with Crippen molar-refractivity contribution in [1.29, 1.82) is 0 Å². The maximum absolute atomic E-state index is 11.8. The van der Waals surface area contributed by atoms with E-state index in [9.17, 15) is 4.79 Å². The van der Waals surface area contributed by atoms with Crippen LogP contribution in [0.4, 0.5) is 0 Å². The minimum Gasteiger partial charge on any atom is -0.293 e. The van der Waals surface area contributed by atoms with E-state index in [-0.39, 0.29) is 0 Å². The van der Waals surface area contributed by atoms with Crippen molar-refractivity contribution < 1.29 is 14.6 Å². The maximum atomic E-state index is 11.8. The average Bonchev–Trinajstić information content (AvgIpc) is 2.49. The molecule has 0 aromatic heterocycles. The molecule has 0 saturated heterocycles. The molecule has 1 aromatic rings. The van der Waals surface area contributed by atoms with Crippen molar-refractivity contribution in [3.05, 3.63) is 29.8 Å². The van der Waals surface area contributed by atoms with Gasteiger partial charge in [-0.2, -0.15) is 4.89 Å².